The number of piperazine rings is 1. The molecule has 0 saturated carbocycles. The third kappa shape index (κ3) is 3.95. The van der Waals surface area contributed by atoms with Crippen LogP contribution in [0.15, 0.2) is 36.7 Å². The van der Waals surface area contributed by atoms with Crippen LogP contribution in [-0.2, 0) is 0 Å². The van der Waals surface area contributed by atoms with Crippen molar-refractivity contribution >= 4 is 41.5 Å². The Morgan fingerprint density at radius 2 is 1.92 bits per heavy atom. The number of benzene rings is 1. The van der Waals surface area contributed by atoms with Crippen molar-refractivity contribution < 1.29 is 9.13 Å². The number of H-pyrrole nitrogens is 1. The lowest BCUT2D eigenvalue weighted by Crippen LogP contribution is -2.43. The van der Waals surface area contributed by atoms with E-state index in [1.54, 1.807) is 24.5 Å². The smallest absolute Gasteiger partial charge is 0.169 e. The molecule has 2 N–H and O–H groups in total. The van der Waals surface area contributed by atoms with E-state index in [9.17, 15) is 4.39 Å². The van der Waals surface area contributed by atoms with Gasteiger partial charge in [-0.05, 0) is 12.1 Å². The van der Waals surface area contributed by atoms with Gasteiger partial charge in [0.15, 0.2) is 11.4 Å². The molecular weight excluding hydrogens is 368 g/mol. The van der Waals surface area contributed by atoms with Crippen LogP contribution in [-0.4, -0.2) is 41.4 Å². The Morgan fingerprint density at radius 1 is 1.12 bits per heavy atom. The molecule has 0 spiro atoms. The number of nitrogens with one attached hydrogen (secondary N) is 2. The minimum Gasteiger partial charge on any atom is -0.453 e. The monoisotopic (exact) mass is 385 g/mol. The third-order valence-electron chi connectivity index (χ3n) is 3.88. The summed E-state index contributed by atoms with van der Waals surface area (Å²) in [4.78, 5) is 6.58. The molecular formula is C16H18Cl2FN5O. The second-order valence-corrected chi connectivity index (χ2v) is 5.40. The third-order valence-corrected chi connectivity index (χ3v) is 3.88. The summed E-state index contributed by atoms with van der Waals surface area (Å²) < 4.78 is 19.3. The van der Waals surface area contributed by atoms with Crippen molar-refractivity contribution in [1.82, 2.24) is 20.5 Å². The molecule has 0 atom stereocenters. The molecule has 0 unspecified atom stereocenters. The lowest BCUT2D eigenvalue weighted by atomic mass is 10.2. The Balaban J connectivity index is 0.00000113. The average Bonchev–Trinajstić information content (AvgIpc) is 3.04. The maximum absolute atomic E-state index is 13.4. The van der Waals surface area contributed by atoms with E-state index in [1.165, 1.54) is 12.1 Å². The normalized spacial score (nSPS) is 13.9. The molecule has 1 aliphatic heterocycles. The molecule has 3 heterocycles. The van der Waals surface area contributed by atoms with Crippen LogP contribution in [0.1, 0.15) is 0 Å². The number of hydrogen-bond acceptors (Lipinski definition) is 5. The van der Waals surface area contributed by atoms with Gasteiger partial charge in [-0.1, -0.05) is 6.07 Å². The minimum absolute atomic E-state index is 0. The summed E-state index contributed by atoms with van der Waals surface area (Å²) in [6.07, 6.45) is 3.40. The first-order valence-electron chi connectivity index (χ1n) is 7.52. The first-order chi connectivity index (χ1) is 11.3. The molecule has 1 aromatic carbocycles. The van der Waals surface area contributed by atoms with Gasteiger partial charge in [-0.2, -0.15) is 5.10 Å². The van der Waals surface area contributed by atoms with Gasteiger partial charge < -0.3 is 15.0 Å². The summed E-state index contributed by atoms with van der Waals surface area (Å²) in [6, 6.07) is 6.10. The molecule has 9 heteroatoms. The maximum Gasteiger partial charge on any atom is 0.169 e. The van der Waals surface area contributed by atoms with Crippen molar-refractivity contribution in [3.63, 3.8) is 0 Å². The predicted octanol–water partition coefficient (Wildman–Crippen LogP) is 3.14. The molecule has 1 aliphatic rings. The maximum atomic E-state index is 13.4. The van der Waals surface area contributed by atoms with Gasteiger partial charge >= 0.3 is 0 Å². The molecule has 0 amide bonds. The van der Waals surface area contributed by atoms with E-state index in [0.29, 0.717) is 17.1 Å². The zero-order valence-corrected chi connectivity index (χ0v) is 14.9. The van der Waals surface area contributed by atoms with Crippen molar-refractivity contribution in [1.29, 1.82) is 0 Å². The van der Waals surface area contributed by atoms with Crippen molar-refractivity contribution in [2.45, 2.75) is 0 Å². The number of aromatic amines is 1. The summed E-state index contributed by atoms with van der Waals surface area (Å²) in [7, 11) is 0. The molecule has 1 fully saturated rings. The number of hydrogen-bond donors (Lipinski definition) is 2. The molecule has 25 heavy (non-hydrogen) atoms. The van der Waals surface area contributed by atoms with E-state index in [1.807, 2.05) is 0 Å². The fourth-order valence-corrected chi connectivity index (χ4v) is 2.81. The van der Waals surface area contributed by atoms with Gasteiger partial charge in [-0.15, -0.1) is 24.8 Å². The highest BCUT2D eigenvalue weighted by atomic mass is 35.5. The van der Waals surface area contributed by atoms with Crippen LogP contribution in [0.5, 0.6) is 11.5 Å². The zero-order valence-electron chi connectivity index (χ0n) is 13.2. The van der Waals surface area contributed by atoms with Crippen molar-refractivity contribution in [2.75, 3.05) is 31.1 Å². The molecule has 0 aliphatic carbocycles. The lowest BCUT2D eigenvalue weighted by molar-refractivity contribution is 0.471. The second kappa shape index (κ2) is 8.33. The van der Waals surface area contributed by atoms with Crippen molar-refractivity contribution in [2.24, 2.45) is 0 Å². The van der Waals surface area contributed by atoms with Crippen LogP contribution in [0, 0.1) is 5.82 Å². The molecule has 6 nitrogen and oxygen atoms in total. The number of anilines is 1. The average molecular weight is 386 g/mol. The van der Waals surface area contributed by atoms with Gasteiger partial charge in [-0.25, -0.2) is 9.37 Å². The largest absolute Gasteiger partial charge is 0.453 e. The summed E-state index contributed by atoms with van der Waals surface area (Å²) >= 11 is 0. The first kappa shape index (κ1) is 19.2. The lowest BCUT2D eigenvalue weighted by Gasteiger charge is -2.31. The fraction of sp³-hybridized carbons (Fsp3) is 0.250. The van der Waals surface area contributed by atoms with Crippen LogP contribution < -0.4 is 15.0 Å². The highest BCUT2D eigenvalue weighted by Crippen LogP contribution is 2.37. The second-order valence-electron chi connectivity index (χ2n) is 5.40. The van der Waals surface area contributed by atoms with Crippen LogP contribution in [0.4, 0.5) is 10.1 Å². The Labute approximate surface area is 156 Å². The van der Waals surface area contributed by atoms with Crippen LogP contribution >= 0.6 is 24.8 Å². The SMILES string of the molecule is Cl.Cl.Fc1cccc(Oc2cnc3[nH]ncc3c2N2CCNCC2)c1. The topological polar surface area (TPSA) is 66.1 Å². The Morgan fingerprint density at radius 3 is 2.68 bits per heavy atom. The standard InChI is InChI=1S/C16H16FN5O.2ClH/c17-11-2-1-3-12(8-11)23-14-10-19-16-13(9-20-21-16)15(14)22-6-4-18-5-7-22;;/h1-3,8-10,18H,4-7H2,(H,19,20,21);2*1H. The molecule has 134 valence electrons. The number of rotatable bonds is 3. The van der Waals surface area contributed by atoms with E-state index in [2.05, 4.69) is 25.4 Å². The van der Waals surface area contributed by atoms with E-state index in [-0.39, 0.29) is 30.6 Å². The summed E-state index contributed by atoms with van der Waals surface area (Å²) in [5.74, 6) is 0.723. The molecule has 4 rings (SSSR count). The first-order valence-corrected chi connectivity index (χ1v) is 7.52. The van der Waals surface area contributed by atoms with Crippen LogP contribution in [0.3, 0.4) is 0 Å². The summed E-state index contributed by atoms with van der Waals surface area (Å²) in [5, 5.41) is 11.2. The van der Waals surface area contributed by atoms with Crippen molar-refractivity contribution in [3.05, 3.63) is 42.5 Å². The van der Waals surface area contributed by atoms with Gasteiger partial charge in [0.25, 0.3) is 0 Å². The fourth-order valence-electron chi connectivity index (χ4n) is 2.81. The highest BCUT2D eigenvalue weighted by Gasteiger charge is 2.20. The highest BCUT2D eigenvalue weighted by molar-refractivity contribution is 5.92. The van der Waals surface area contributed by atoms with Crippen molar-refractivity contribution in [3.8, 4) is 11.5 Å². The van der Waals surface area contributed by atoms with E-state index >= 15 is 0 Å². The van der Waals surface area contributed by atoms with Gasteiger partial charge in [0.05, 0.1) is 23.5 Å². The Kier molecular flexibility index (Phi) is 6.41. The van der Waals surface area contributed by atoms with Gasteiger partial charge in [0.1, 0.15) is 11.6 Å². The number of nitrogens with zero attached hydrogens (tertiary/aromatic N) is 3. The Hall–Kier alpha value is -2.09. The minimum atomic E-state index is -0.330. The van der Waals surface area contributed by atoms with Gasteiger partial charge in [0.2, 0.25) is 0 Å². The van der Waals surface area contributed by atoms with Crippen LogP contribution in [0.2, 0.25) is 0 Å². The zero-order chi connectivity index (χ0) is 15.6. The predicted molar refractivity (Wildman–Crippen MR) is 99.9 cm³/mol. The number of ether oxygens (including phenoxy) is 1. The number of aromatic nitrogens is 3. The number of pyridine rings is 1. The van der Waals surface area contributed by atoms with Gasteiger partial charge in [0, 0.05) is 32.2 Å². The van der Waals surface area contributed by atoms with Crippen LogP contribution in [0.25, 0.3) is 11.0 Å². The molecule has 0 bridgehead atoms. The summed E-state index contributed by atoms with van der Waals surface area (Å²) in [6.45, 7) is 3.54. The summed E-state index contributed by atoms with van der Waals surface area (Å²) in [5.41, 5.74) is 1.65. The molecule has 3 aromatic rings. The van der Waals surface area contributed by atoms with E-state index < -0.39 is 0 Å². The molecule has 2 aromatic heterocycles. The van der Waals surface area contributed by atoms with E-state index in [0.717, 1.165) is 37.3 Å². The molecule has 1 saturated heterocycles. The number of fused-ring (bicyclic) bond motifs is 1. The quantitative estimate of drug-likeness (QED) is 0.724. The molecule has 0 radical (unpaired) electrons. The van der Waals surface area contributed by atoms with E-state index in [4.69, 9.17) is 4.74 Å². The van der Waals surface area contributed by atoms with Gasteiger partial charge in [-0.3, -0.25) is 5.10 Å². The number of halogens is 3. The Bertz CT molecular complexity index is 838.